The number of esters is 2. The Kier molecular flexibility index (Phi) is 9.32. The van der Waals surface area contributed by atoms with Crippen LogP contribution >= 0.6 is 0 Å². The molecule has 0 aromatic rings. The van der Waals surface area contributed by atoms with E-state index >= 15 is 0 Å². The summed E-state index contributed by atoms with van der Waals surface area (Å²) >= 11 is 0. The molecule has 10 atom stereocenters. The van der Waals surface area contributed by atoms with Gasteiger partial charge in [-0.25, -0.2) is 0 Å². The Morgan fingerprint density at radius 1 is 0.805 bits per heavy atom. The van der Waals surface area contributed by atoms with Crippen LogP contribution in [0.4, 0.5) is 0 Å². The zero-order valence-corrected chi connectivity index (χ0v) is 28.1. The van der Waals surface area contributed by atoms with Gasteiger partial charge in [0.05, 0.1) is 20.1 Å². The molecule has 6 rings (SSSR count). The first kappa shape index (κ1) is 31.8. The molecular formula is C34H57BrN2O4. The maximum absolute atomic E-state index is 12.5. The lowest BCUT2D eigenvalue weighted by Crippen LogP contribution is -3.00. The fraction of sp³-hybridized carbons (Fsp3) is 0.941. The van der Waals surface area contributed by atoms with Crippen LogP contribution in [0.25, 0.3) is 0 Å². The van der Waals surface area contributed by atoms with Crippen molar-refractivity contribution in [3.05, 3.63) is 0 Å². The van der Waals surface area contributed by atoms with Gasteiger partial charge in [0.1, 0.15) is 12.1 Å². The van der Waals surface area contributed by atoms with Crippen LogP contribution in [-0.4, -0.2) is 78.8 Å². The third kappa shape index (κ3) is 5.56. The van der Waals surface area contributed by atoms with E-state index in [0.29, 0.717) is 35.3 Å². The lowest BCUT2D eigenvalue weighted by molar-refractivity contribution is -0.940. The van der Waals surface area contributed by atoms with Gasteiger partial charge in [-0.15, -0.1) is 0 Å². The molecule has 0 amide bonds. The van der Waals surface area contributed by atoms with Gasteiger partial charge < -0.3 is 30.9 Å². The molecule has 4 saturated carbocycles. The van der Waals surface area contributed by atoms with Crippen molar-refractivity contribution in [3.8, 4) is 0 Å². The normalized spacial score (nSPS) is 45.8. The summed E-state index contributed by atoms with van der Waals surface area (Å²) in [7, 11) is 2.47. The molecule has 2 heterocycles. The number of carbonyl (C=O) groups is 2. The first-order chi connectivity index (χ1) is 19.0. The van der Waals surface area contributed by atoms with E-state index in [-0.39, 0.29) is 46.5 Å². The Morgan fingerprint density at radius 2 is 1.46 bits per heavy atom. The number of nitrogens with zero attached hydrogens (tertiary/aromatic N) is 2. The molecular weight excluding hydrogens is 580 g/mol. The number of piperidine rings is 2. The van der Waals surface area contributed by atoms with Gasteiger partial charge in [0.15, 0.2) is 6.10 Å². The average Bonchev–Trinajstić information content (AvgIpc) is 3.21. The number of hydrogen-bond donors (Lipinski definition) is 0. The highest BCUT2D eigenvalue weighted by molar-refractivity contribution is 5.66. The number of halogens is 1. The van der Waals surface area contributed by atoms with E-state index in [0.717, 1.165) is 29.9 Å². The third-order valence-corrected chi connectivity index (χ3v) is 13.7. The number of carbonyl (C=O) groups excluding carboxylic acids is 2. The van der Waals surface area contributed by atoms with E-state index in [2.05, 4.69) is 25.8 Å². The van der Waals surface area contributed by atoms with Gasteiger partial charge in [0.25, 0.3) is 0 Å². The smallest absolute Gasteiger partial charge is 0.303 e. The number of hydrogen-bond acceptors (Lipinski definition) is 5. The molecule has 6 nitrogen and oxygen atoms in total. The van der Waals surface area contributed by atoms with Crippen molar-refractivity contribution in [2.45, 2.75) is 135 Å². The Hall–Kier alpha value is -0.660. The summed E-state index contributed by atoms with van der Waals surface area (Å²) in [6.45, 7) is 13.1. The second-order valence-corrected chi connectivity index (χ2v) is 15.8. The number of ether oxygens (including phenoxy) is 2. The second-order valence-electron chi connectivity index (χ2n) is 15.8. The Bertz CT molecular complexity index is 964. The summed E-state index contributed by atoms with van der Waals surface area (Å²) in [5.41, 5.74) is 0.377. The van der Waals surface area contributed by atoms with Crippen molar-refractivity contribution in [3.63, 3.8) is 0 Å². The molecule has 7 heteroatoms. The van der Waals surface area contributed by atoms with Gasteiger partial charge in [0.2, 0.25) is 0 Å². The zero-order chi connectivity index (χ0) is 28.3. The van der Waals surface area contributed by atoms with Crippen molar-refractivity contribution in [1.82, 2.24) is 4.90 Å². The first-order valence-corrected chi connectivity index (χ1v) is 17.0. The molecule has 0 bridgehead atoms. The van der Waals surface area contributed by atoms with Gasteiger partial charge in [-0.1, -0.05) is 20.3 Å². The molecule has 41 heavy (non-hydrogen) atoms. The fourth-order valence-corrected chi connectivity index (χ4v) is 11.7. The van der Waals surface area contributed by atoms with Gasteiger partial charge in [-0.2, -0.15) is 0 Å². The monoisotopic (exact) mass is 636 g/mol. The Morgan fingerprint density at radius 3 is 2.12 bits per heavy atom. The quantitative estimate of drug-likeness (QED) is 0.351. The SMILES string of the molecule is CC(=O)OC1CC2CC[C@@H]3[C@H](CC[C@]4(C)C(OC(C)=O)C([N+]5(C)CCCCC5)C[C@@H]34)[C@@]2(C)CC1N1CCCCC1.[Br-]. The van der Waals surface area contributed by atoms with E-state index in [4.69, 9.17) is 9.47 Å². The molecule has 0 aromatic carbocycles. The first-order valence-electron chi connectivity index (χ1n) is 17.0. The van der Waals surface area contributed by atoms with E-state index < -0.39 is 0 Å². The van der Waals surface area contributed by atoms with Gasteiger partial charge >= 0.3 is 11.9 Å². The maximum atomic E-state index is 12.5. The van der Waals surface area contributed by atoms with Gasteiger partial charge in [0, 0.05) is 31.7 Å². The molecule has 2 aliphatic heterocycles. The summed E-state index contributed by atoms with van der Waals surface area (Å²) in [6.07, 6.45) is 16.3. The number of likely N-dealkylation sites (N-methyl/N-ethyl adjacent to an activating group) is 1. The summed E-state index contributed by atoms with van der Waals surface area (Å²) in [5.74, 6) is 2.50. The molecule has 0 spiro atoms. The molecule has 5 unspecified atom stereocenters. The van der Waals surface area contributed by atoms with Gasteiger partial charge in [-0.3, -0.25) is 14.5 Å². The van der Waals surface area contributed by atoms with Crippen molar-refractivity contribution >= 4 is 11.9 Å². The summed E-state index contributed by atoms with van der Waals surface area (Å²) < 4.78 is 13.5. The Labute approximate surface area is 260 Å². The van der Waals surface area contributed by atoms with Crippen LogP contribution in [0.1, 0.15) is 111 Å². The van der Waals surface area contributed by atoms with Crippen molar-refractivity contribution < 1.29 is 40.5 Å². The van der Waals surface area contributed by atoms with Crippen molar-refractivity contribution in [2.24, 2.45) is 34.5 Å². The van der Waals surface area contributed by atoms with E-state index in [9.17, 15) is 9.59 Å². The lowest BCUT2D eigenvalue weighted by Gasteiger charge is -2.62. The highest BCUT2D eigenvalue weighted by atomic mass is 79.9. The molecule has 2 saturated heterocycles. The van der Waals surface area contributed by atoms with E-state index in [1.54, 1.807) is 13.8 Å². The van der Waals surface area contributed by atoms with Crippen LogP contribution in [-0.2, 0) is 19.1 Å². The fourth-order valence-electron chi connectivity index (χ4n) is 11.7. The standard InChI is InChI=1S/C34H57N2O4.BrH/c1-23(37)39-31-20-25-12-13-26-27(34(25,4)22-29(31)35-16-8-6-9-17-35)14-15-33(3)28(26)21-30(32(33)40-24(2)38)36(5)18-10-7-11-19-36;/h25-32H,6-22H2,1-5H3;1H/q+1;/p-1/t25?,26-,27+,28+,29?,30?,31?,32?,33+,34+;/m1./s1. The summed E-state index contributed by atoms with van der Waals surface area (Å²) in [6, 6.07) is 0.796. The predicted octanol–water partition coefficient (Wildman–Crippen LogP) is 2.97. The highest BCUT2D eigenvalue weighted by Gasteiger charge is 2.67. The Balaban J connectivity index is 0.00000337. The number of rotatable bonds is 4. The van der Waals surface area contributed by atoms with Crippen LogP contribution in [0.15, 0.2) is 0 Å². The minimum absolute atomic E-state index is 0. The van der Waals surface area contributed by atoms with E-state index in [1.165, 1.54) is 90.1 Å². The third-order valence-electron chi connectivity index (χ3n) is 13.7. The molecule has 234 valence electrons. The number of fused-ring (bicyclic) bond motifs is 5. The largest absolute Gasteiger partial charge is 1.00 e. The van der Waals surface area contributed by atoms with Crippen molar-refractivity contribution in [1.29, 1.82) is 0 Å². The van der Waals surface area contributed by atoms with Crippen LogP contribution in [0.2, 0.25) is 0 Å². The zero-order valence-electron chi connectivity index (χ0n) is 26.5. The van der Waals surface area contributed by atoms with Crippen LogP contribution in [0, 0.1) is 34.5 Å². The minimum atomic E-state index is -0.111. The molecule has 6 fully saturated rings. The summed E-state index contributed by atoms with van der Waals surface area (Å²) in [4.78, 5) is 27.4. The van der Waals surface area contributed by atoms with Gasteiger partial charge in [-0.05, 0) is 113 Å². The average molecular weight is 638 g/mol. The van der Waals surface area contributed by atoms with Crippen LogP contribution in [0.3, 0.4) is 0 Å². The maximum Gasteiger partial charge on any atom is 0.303 e. The highest BCUT2D eigenvalue weighted by Crippen LogP contribution is 2.67. The molecule has 0 radical (unpaired) electrons. The lowest BCUT2D eigenvalue weighted by atomic mass is 9.44. The summed E-state index contributed by atoms with van der Waals surface area (Å²) in [5, 5.41) is 0. The van der Waals surface area contributed by atoms with Crippen molar-refractivity contribution in [2.75, 3.05) is 33.2 Å². The number of likely N-dealkylation sites (tertiary alicyclic amines) is 2. The molecule has 4 aliphatic carbocycles. The van der Waals surface area contributed by atoms with Crippen LogP contribution in [0.5, 0.6) is 0 Å². The minimum Gasteiger partial charge on any atom is -1.00 e. The number of quaternary nitrogens is 1. The van der Waals surface area contributed by atoms with E-state index in [1.807, 2.05) is 0 Å². The molecule has 6 aliphatic rings. The molecule has 0 aromatic heterocycles. The predicted molar refractivity (Wildman–Crippen MR) is 156 cm³/mol. The topological polar surface area (TPSA) is 55.8 Å². The second kappa shape index (κ2) is 12.0. The van der Waals surface area contributed by atoms with Crippen LogP contribution < -0.4 is 17.0 Å². The molecule has 0 N–H and O–H groups in total.